The van der Waals surface area contributed by atoms with E-state index < -0.39 is 0 Å². The Morgan fingerprint density at radius 2 is 2.27 bits per heavy atom. The van der Waals surface area contributed by atoms with Crippen LogP contribution < -0.4 is 5.32 Å². The molecule has 0 aromatic heterocycles. The van der Waals surface area contributed by atoms with E-state index in [0.29, 0.717) is 6.54 Å². The molecule has 2 aliphatic rings. The number of carbonyl (C=O) groups is 1. The van der Waals surface area contributed by atoms with Crippen molar-refractivity contribution in [1.29, 1.82) is 0 Å². The van der Waals surface area contributed by atoms with Gasteiger partial charge in [0.1, 0.15) is 0 Å². The number of fused-ring (bicyclic) bond motifs is 1. The highest BCUT2D eigenvalue weighted by atomic mass is 32.2. The summed E-state index contributed by atoms with van der Waals surface area (Å²) in [7, 11) is 0. The zero-order valence-corrected chi connectivity index (χ0v) is 9.27. The number of carbonyl (C=O) groups excluding carboxylic acids is 1. The van der Waals surface area contributed by atoms with Gasteiger partial charge in [-0.2, -0.15) is 0 Å². The van der Waals surface area contributed by atoms with Crippen LogP contribution in [-0.2, 0) is 6.54 Å². The van der Waals surface area contributed by atoms with Crippen LogP contribution in [0.5, 0.6) is 0 Å². The van der Waals surface area contributed by atoms with Crippen LogP contribution in [0.4, 0.5) is 0 Å². The van der Waals surface area contributed by atoms with Crippen molar-refractivity contribution in [3.8, 4) is 0 Å². The summed E-state index contributed by atoms with van der Waals surface area (Å²) in [5, 5.41) is 2.84. The van der Waals surface area contributed by atoms with Gasteiger partial charge in [0.25, 0.3) is 5.91 Å². The SMILES string of the molecule is O=C1NCc2cc(SCC3CC3)ccc21. The quantitative estimate of drug-likeness (QED) is 0.791. The van der Waals surface area contributed by atoms with Crippen LogP contribution in [0.15, 0.2) is 23.1 Å². The Morgan fingerprint density at radius 1 is 1.40 bits per heavy atom. The van der Waals surface area contributed by atoms with E-state index in [1.807, 2.05) is 17.8 Å². The molecule has 2 nitrogen and oxygen atoms in total. The van der Waals surface area contributed by atoms with E-state index in [9.17, 15) is 4.79 Å². The maximum Gasteiger partial charge on any atom is 0.251 e. The molecule has 3 rings (SSSR count). The second-order valence-corrected chi connectivity index (χ2v) is 5.35. The van der Waals surface area contributed by atoms with Crippen LogP contribution in [0.25, 0.3) is 0 Å². The van der Waals surface area contributed by atoms with Gasteiger partial charge in [-0.3, -0.25) is 4.79 Å². The van der Waals surface area contributed by atoms with Gasteiger partial charge in [0.05, 0.1) is 0 Å². The lowest BCUT2D eigenvalue weighted by Crippen LogP contribution is -2.12. The molecule has 0 spiro atoms. The number of thioether (sulfide) groups is 1. The van der Waals surface area contributed by atoms with Gasteiger partial charge in [0, 0.05) is 22.8 Å². The fourth-order valence-electron chi connectivity index (χ4n) is 1.80. The minimum Gasteiger partial charge on any atom is -0.348 e. The molecule has 1 aliphatic heterocycles. The number of benzene rings is 1. The summed E-state index contributed by atoms with van der Waals surface area (Å²) in [6, 6.07) is 6.17. The van der Waals surface area contributed by atoms with Crippen molar-refractivity contribution in [2.24, 2.45) is 5.92 Å². The molecule has 1 amide bonds. The third-order valence-corrected chi connectivity index (χ3v) is 4.17. The van der Waals surface area contributed by atoms with Crippen LogP contribution >= 0.6 is 11.8 Å². The minimum absolute atomic E-state index is 0.0729. The lowest BCUT2D eigenvalue weighted by Gasteiger charge is -2.02. The number of amides is 1. The predicted octanol–water partition coefficient (Wildman–Crippen LogP) is 2.43. The smallest absolute Gasteiger partial charge is 0.251 e. The molecule has 78 valence electrons. The molecule has 0 bridgehead atoms. The molecule has 0 atom stereocenters. The van der Waals surface area contributed by atoms with Gasteiger partial charge in [-0.15, -0.1) is 11.8 Å². The summed E-state index contributed by atoms with van der Waals surface area (Å²) in [5.74, 6) is 2.26. The molecule has 1 heterocycles. The Labute approximate surface area is 93.4 Å². The first-order valence-electron chi connectivity index (χ1n) is 5.37. The van der Waals surface area contributed by atoms with Gasteiger partial charge in [-0.05, 0) is 42.5 Å². The summed E-state index contributed by atoms with van der Waals surface area (Å²) in [5.41, 5.74) is 2.01. The molecule has 3 heteroatoms. The zero-order valence-electron chi connectivity index (χ0n) is 8.45. The molecule has 1 aromatic rings. The molecular weight excluding hydrogens is 206 g/mol. The Morgan fingerprint density at radius 3 is 3.07 bits per heavy atom. The average molecular weight is 219 g/mol. The van der Waals surface area contributed by atoms with E-state index in [-0.39, 0.29) is 5.91 Å². The molecular formula is C12H13NOS. The third-order valence-electron chi connectivity index (χ3n) is 2.94. The maximum absolute atomic E-state index is 11.3. The second kappa shape index (κ2) is 3.56. The highest BCUT2D eigenvalue weighted by Crippen LogP contribution is 2.35. The summed E-state index contributed by atoms with van der Waals surface area (Å²) >= 11 is 1.92. The standard InChI is InChI=1S/C12H13NOS/c14-12-11-4-3-10(5-9(11)6-13-12)15-7-8-1-2-8/h3-5,8H,1-2,6-7H2,(H,13,14). The molecule has 0 unspecified atom stereocenters. The van der Waals surface area contributed by atoms with E-state index in [1.165, 1.54) is 23.5 Å². The number of rotatable bonds is 3. The maximum atomic E-state index is 11.3. The first-order chi connectivity index (χ1) is 7.33. The lowest BCUT2D eigenvalue weighted by molar-refractivity contribution is 0.0966. The lowest BCUT2D eigenvalue weighted by atomic mass is 10.1. The van der Waals surface area contributed by atoms with Gasteiger partial charge >= 0.3 is 0 Å². The molecule has 1 saturated carbocycles. The van der Waals surface area contributed by atoms with Gasteiger partial charge in [0.2, 0.25) is 0 Å². The minimum atomic E-state index is 0.0729. The third kappa shape index (κ3) is 1.88. The fourth-order valence-corrected chi connectivity index (χ4v) is 2.95. The average Bonchev–Trinajstić information content (AvgIpc) is 3.01. The van der Waals surface area contributed by atoms with Crippen LogP contribution in [0.3, 0.4) is 0 Å². The van der Waals surface area contributed by atoms with Crippen molar-refractivity contribution in [3.05, 3.63) is 29.3 Å². The molecule has 0 saturated heterocycles. The Balaban J connectivity index is 1.76. The Kier molecular flexibility index (Phi) is 2.20. The van der Waals surface area contributed by atoms with Crippen molar-refractivity contribution >= 4 is 17.7 Å². The molecule has 1 fully saturated rings. The molecule has 1 aromatic carbocycles. The van der Waals surface area contributed by atoms with Gasteiger partial charge in [-0.25, -0.2) is 0 Å². The van der Waals surface area contributed by atoms with E-state index in [1.54, 1.807) is 0 Å². The van der Waals surface area contributed by atoms with Crippen LogP contribution in [-0.4, -0.2) is 11.7 Å². The molecule has 15 heavy (non-hydrogen) atoms. The van der Waals surface area contributed by atoms with Crippen molar-refractivity contribution < 1.29 is 4.79 Å². The van der Waals surface area contributed by atoms with Gasteiger partial charge in [-0.1, -0.05) is 0 Å². The number of hydrogen-bond donors (Lipinski definition) is 1. The zero-order chi connectivity index (χ0) is 10.3. The second-order valence-electron chi connectivity index (χ2n) is 4.26. The summed E-state index contributed by atoms with van der Waals surface area (Å²) < 4.78 is 0. The Hall–Kier alpha value is -0.960. The summed E-state index contributed by atoms with van der Waals surface area (Å²) in [6.45, 7) is 0.700. The summed E-state index contributed by atoms with van der Waals surface area (Å²) in [6.07, 6.45) is 2.80. The van der Waals surface area contributed by atoms with Gasteiger partial charge in [0.15, 0.2) is 0 Å². The highest BCUT2D eigenvalue weighted by Gasteiger charge is 2.22. The molecule has 1 aliphatic carbocycles. The number of nitrogens with one attached hydrogen (secondary N) is 1. The first kappa shape index (κ1) is 9.28. The topological polar surface area (TPSA) is 29.1 Å². The van der Waals surface area contributed by atoms with E-state index in [2.05, 4.69) is 17.4 Å². The summed E-state index contributed by atoms with van der Waals surface area (Å²) in [4.78, 5) is 12.6. The fraction of sp³-hybridized carbons (Fsp3) is 0.417. The predicted molar refractivity (Wildman–Crippen MR) is 61.1 cm³/mol. The van der Waals surface area contributed by atoms with Crippen LogP contribution in [0.2, 0.25) is 0 Å². The molecule has 1 N–H and O–H groups in total. The van der Waals surface area contributed by atoms with Crippen LogP contribution in [0.1, 0.15) is 28.8 Å². The largest absolute Gasteiger partial charge is 0.348 e. The molecule has 0 radical (unpaired) electrons. The van der Waals surface area contributed by atoms with Crippen molar-refractivity contribution in [2.45, 2.75) is 24.3 Å². The van der Waals surface area contributed by atoms with Gasteiger partial charge < -0.3 is 5.32 Å². The van der Waals surface area contributed by atoms with E-state index in [4.69, 9.17) is 0 Å². The Bertz CT molecular complexity index is 412. The van der Waals surface area contributed by atoms with Crippen LogP contribution in [0, 0.1) is 5.92 Å². The van der Waals surface area contributed by atoms with Crippen molar-refractivity contribution in [1.82, 2.24) is 5.32 Å². The van der Waals surface area contributed by atoms with Crippen molar-refractivity contribution in [2.75, 3.05) is 5.75 Å². The monoisotopic (exact) mass is 219 g/mol. The van der Waals surface area contributed by atoms with E-state index >= 15 is 0 Å². The highest BCUT2D eigenvalue weighted by molar-refractivity contribution is 7.99. The first-order valence-corrected chi connectivity index (χ1v) is 6.35. The van der Waals surface area contributed by atoms with Crippen molar-refractivity contribution in [3.63, 3.8) is 0 Å². The normalized spacial score (nSPS) is 18.8. The number of hydrogen-bond acceptors (Lipinski definition) is 2. The van der Waals surface area contributed by atoms with E-state index in [0.717, 1.165) is 17.0 Å².